The van der Waals surface area contributed by atoms with E-state index < -0.39 is 17.2 Å². The van der Waals surface area contributed by atoms with Crippen molar-refractivity contribution >= 4 is 21.7 Å². The molecule has 18 heavy (non-hydrogen) atoms. The van der Waals surface area contributed by atoms with Crippen LogP contribution in [0.2, 0.25) is 0 Å². The number of carbonyl (C=O) groups is 1. The number of methoxy groups -OCH3 is 1. The maximum absolute atomic E-state index is 13.7. The van der Waals surface area contributed by atoms with Crippen molar-refractivity contribution < 1.29 is 18.3 Å². The van der Waals surface area contributed by atoms with Gasteiger partial charge in [0.1, 0.15) is 17.4 Å². The fraction of sp³-hybridized carbons (Fsp3) is 0.462. The van der Waals surface area contributed by atoms with Crippen LogP contribution in [0.15, 0.2) is 16.6 Å². The van der Waals surface area contributed by atoms with Gasteiger partial charge in [-0.05, 0) is 41.9 Å². The molecular formula is C13H15BrF2O2. The summed E-state index contributed by atoms with van der Waals surface area (Å²) in [6.07, 6.45) is -0.168. The Hall–Kier alpha value is -0.810. The van der Waals surface area contributed by atoms with E-state index >= 15 is 0 Å². The lowest BCUT2D eigenvalue weighted by molar-refractivity contribution is -0.123. The second kappa shape index (κ2) is 5.89. The van der Waals surface area contributed by atoms with Crippen molar-refractivity contribution in [2.75, 3.05) is 7.11 Å². The maximum atomic E-state index is 13.7. The van der Waals surface area contributed by atoms with E-state index in [1.54, 1.807) is 13.8 Å². The molecule has 0 aliphatic heterocycles. The average molecular weight is 321 g/mol. The summed E-state index contributed by atoms with van der Waals surface area (Å²) >= 11 is 2.97. The second-order valence-corrected chi connectivity index (χ2v) is 5.53. The summed E-state index contributed by atoms with van der Waals surface area (Å²) in [7, 11) is 1.49. The molecule has 0 saturated carbocycles. The number of benzene rings is 1. The van der Waals surface area contributed by atoms with E-state index in [9.17, 15) is 13.6 Å². The van der Waals surface area contributed by atoms with Crippen LogP contribution in [0.5, 0.6) is 0 Å². The standard InChI is InChI=1S/C13H15BrF2O2/c1-13(2,18-3)7-8(17)6-9-11(15)5-4-10(14)12(9)16/h4-5H,6-7H2,1-3H3. The first-order valence-corrected chi connectivity index (χ1v) is 6.25. The highest BCUT2D eigenvalue weighted by Gasteiger charge is 2.23. The van der Waals surface area contributed by atoms with Gasteiger partial charge in [-0.25, -0.2) is 8.78 Å². The topological polar surface area (TPSA) is 26.3 Å². The van der Waals surface area contributed by atoms with E-state index in [0.717, 1.165) is 6.07 Å². The van der Waals surface area contributed by atoms with Crippen molar-refractivity contribution in [3.05, 3.63) is 33.8 Å². The van der Waals surface area contributed by atoms with Crippen molar-refractivity contribution in [1.29, 1.82) is 0 Å². The molecule has 0 amide bonds. The third kappa shape index (κ3) is 3.85. The summed E-state index contributed by atoms with van der Waals surface area (Å²) in [6, 6.07) is 2.41. The molecule has 1 rings (SSSR count). The van der Waals surface area contributed by atoms with Crippen LogP contribution in [-0.2, 0) is 16.0 Å². The smallest absolute Gasteiger partial charge is 0.143 e. The Morgan fingerprint density at radius 3 is 2.56 bits per heavy atom. The van der Waals surface area contributed by atoms with Crippen LogP contribution in [0.1, 0.15) is 25.8 Å². The first kappa shape index (κ1) is 15.2. The number of hydrogen-bond donors (Lipinski definition) is 0. The lowest BCUT2D eigenvalue weighted by atomic mass is 9.97. The molecule has 2 nitrogen and oxygen atoms in total. The van der Waals surface area contributed by atoms with E-state index in [0.29, 0.717) is 0 Å². The zero-order valence-electron chi connectivity index (χ0n) is 10.5. The minimum absolute atomic E-state index is 0.106. The van der Waals surface area contributed by atoms with E-state index in [1.807, 2.05) is 0 Å². The van der Waals surface area contributed by atoms with Crippen molar-refractivity contribution in [1.82, 2.24) is 0 Å². The fourth-order valence-corrected chi connectivity index (χ4v) is 1.91. The van der Waals surface area contributed by atoms with Gasteiger partial charge in [-0.2, -0.15) is 0 Å². The first-order valence-electron chi connectivity index (χ1n) is 5.46. The molecule has 0 atom stereocenters. The molecule has 0 aliphatic carbocycles. The normalized spacial score (nSPS) is 11.7. The SMILES string of the molecule is COC(C)(C)CC(=O)Cc1c(F)ccc(Br)c1F. The van der Waals surface area contributed by atoms with Crippen LogP contribution in [0.25, 0.3) is 0 Å². The molecule has 100 valence electrons. The van der Waals surface area contributed by atoms with Gasteiger partial charge in [0.2, 0.25) is 0 Å². The van der Waals surface area contributed by atoms with Gasteiger partial charge in [-0.3, -0.25) is 4.79 Å². The first-order chi connectivity index (χ1) is 8.26. The Morgan fingerprint density at radius 2 is 2.00 bits per heavy atom. The van der Waals surface area contributed by atoms with Crippen LogP contribution in [0, 0.1) is 11.6 Å². The second-order valence-electron chi connectivity index (χ2n) is 4.68. The van der Waals surface area contributed by atoms with Gasteiger partial charge in [0.15, 0.2) is 0 Å². The van der Waals surface area contributed by atoms with Gasteiger partial charge < -0.3 is 4.74 Å². The van der Waals surface area contributed by atoms with E-state index in [-0.39, 0.29) is 28.7 Å². The Labute approximate surface area is 113 Å². The van der Waals surface area contributed by atoms with Gasteiger partial charge in [0.05, 0.1) is 10.1 Å². The predicted molar refractivity (Wildman–Crippen MR) is 68.5 cm³/mol. The number of halogens is 3. The zero-order chi connectivity index (χ0) is 13.9. The highest BCUT2D eigenvalue weighted by molar-refractivity contribution is 9.10. The maximum Gasteiger partial charge on any atom is 0.143 e. The zero-order valence-corrected chi connectivity index (χ0v) is 12.1. The number of hydrogen-bond acceptors (Lipinski definition) is 2. The molecule has 0 radical (unpaired) electrons. The molecule has 5 heteroatoms. The van der Waals surface area contributed by atoms with Gasteiger partial charge >= 0.3 is 0 Å². The molecule has 0 aliphatic rings. The van der Waals surface area contributed by atoms with Crippen LogP contribution < -0.4 is 0 Å². The summed E-state index contributed by atoms with van der Waals surface area (Å²) in [6.45, 7) is 3.50. The molecule has 0 spiro atoms. The molecule has 0 fully saturated rings. The molecule has 0 bridgehead atoms. The number of ketones is 1. The Kier molecular flexibility index (Phi) is 4.99. The average Bonchev–Trinajstić information content (AvgIpc) is 2.29. The van der Waals surface area contributed by atoms with Gasteiger partial charge in [0, 0.05) is 25.5 Å². The largest absolute Gasteiger partial charge is 0.378 e. The third-order valence-corrected chi connectivity index (χ3v) is 3.30. The van der Waals surface area contributed by atoms with Crippen LogP contribution in [0.3, 0.4) is 0 Å². The van der Waals surface area contributed by atoms with Gasteiger partial charge in [0.25, 0.3) is 0 Å². The Bertz CT molecular complexity index is 459. The summed E-state index contributed by atoms with van der Waals surface area (Å²) < 4.78 is 32.4. The molecule has 0 heterocycles. The monoisotopic (exact) mass is 320 g/mol. The summed E-state index contributed by atoms with van der Waals surface area (Å²) in [5.74, 6) is -1.70. The van der Waals surface area contributed by atoms with Crippen LogP contribution >= 0.6 is 15.9 Å². The molecule has 0 saturated heterocycles. The number of rotatable bonds is 5. The third-order valence-electron chi connectivity index (χ3n) is 2.69. The molecule has 0 N–H and O–H groups in total. The van der Waals surface area contributed by atoms with E-state index in [4.69, 9.17) is 4.74 Å². The minimum atomic E-state index is -0.724. The van der Waals surface area contributed by atoms with Crippen molar-refractivity contribution in [2.45, 2.75) is 32.3 Å². The summed E-state index contributed by atoms with van der Waals surface area (Å²) in [5.41, 5.74) is -0.836. The van der Waals surface area contributed by atoms with Gasteiger partial charge in [-0.15, -0.1) is 0 Å². The number of Topliss-reactive ketones (excluding diaryl/α,β-unsaturated/α-hetero) is 1. The molecule has 0 aromatic heterocycles. The highest BCUT2D eigenvalue weighted by Crippen LogP contribution is 2.23. The molecule has 1 aromatic carbocycles. The van der Waals surface area contributed by atoms with Gasteiger partial charge in [-0.1, -0.05) is 0 Å². The van der Waals surface area contributed by atoms with Crippen molar-refractivity contribution in [3.8, 4) is 0 Å². The quantitative estimate of drug-likeness (QED) is 0.774. The molecule has 1 aromatic rings. The highest BCUT2D eigenvalue weighted by atomic mass is 79.9. The molecule has 0 unspecified atom stereocenters. The summed E-state index contributed by atoms with van der Waals surface area (Å²) in [4.78, 5) is 11.8. The van der Waals surface area contributed by atoms with Crippen LogP contribution in [0.4, 0.5) is 8.78 Å². The van der Waals surface area contributed by atoms with Crippen LogP contribution in [-0.4, -0.2) is 18.5 Å². The lowest BCUT2D eigenvalue weighted by Crippen LogP contribution is -2.27. The summed E-state index contributed by atoms with van der Waals surface area (Å²) in [5, 5.41) is 0. The van der Waals surface area contributed by atoms with E-state index in [1.165, 1.54) is 13.2 Å². The van der Waals surface area contributed by atoms with E-state index in [2.05, 4.69) is 15.9 Å². The number of carbonyl (C=O) groups excluding carboxylic acids is 1. The fourth-order valence-electron chi connectivity index (χ4n) is 1.54. The number of ether oxygens (including phenoxy) is 1. The van der Waals surface area contributed by atoms with Crippen molar-refractivity contribution in [3.63, 3.8) is 0 Å². The Morgan fingerprint density at radius 1 is 1.39 bits per heavy atom. The van der Waals surface area contributed by atoms with Crippen molar-refractivity contribution in [2.24, 2.45) is 0 Å². The predicted octanol–water partition coefficient (Wildman–Crippen LogP) is 3.65. The molecular weight excluding hydrogens is 306 g/mol. The Balaban J connectivity index is 2.86. The minimum Gasteiger partial charge on any atom is -0.378 e. The lowest BCUT2D eigenvalue weighted by Gasteiger charge is -2.21.